The number of carboxylic acid groups (broad SMARTS) is 1. The van der Waals surface area contributed by atoms with Gasteiger partial charge in [-0.15, -0.1) is 0 Å². The maximum absolute atomic E-state index is 12.0. The number of carbonyl (C=O) groups excluding carboxylic acids is 2. The zero-order chi connectivity index (χ0) is 32.3. The Bertz CT molecular complexity index is 1320. The molecule has 0 aliphatic carbocycles. The molecule has 7 nitrogen and oxygen atoms in total. The second kappa shape index (κ2) is 26.7. The number of allylic oxidation sites excluding steroid dienone is 12. The number of hydrogen-bond acceptors (Lipinski definition) is 5. The van der Waals surface area contributed by atoms with Crippen LogP contribution in [-0.2, 0) is 9.53 Å². The lowest BCUT2D eigenvalue weighted by atomic mass is 10.2. The number of aromatic carboxylic acids is 1. The van der Waals surface area contributed by atoms with E-state index < -0.39 is 5.97 Å². The first-order valence-electron chi connectivity index (χ1n) is 14.8. The van der Waals surface area contributed by atoms with E-state index in [9.17, 15) is 14.4 Å². The molecular formula is C38H50N2O5. The number of esters is 1. The first-order valence-corrected chi connectivity index (χ1v) is 14.8. The average Bonchev–Trinajstić information content (AvgIpc) is 3.02. The minimum Gasteiger partial charge on any atom is -0.478 e. The van der Waals surface area contributed by atoms with Crippen molar-refractivity contribution in [3.05, 3.63) is 133 Å². The maximum atomic E-state index is 12.0. The fourth-order valence-electron chi connectivity index (χ4n) is 3.59. The van der Waals surface area contributed by atoms with Gasteiger partial charge in [-0.2, -0.15) is 0 Å². The molecule has 0 radical (unpaired) electrons. The lowest BCUT2D eigenvalue weighted by molar-refractivity contribution is -0.116. The number of nitrogen functional groups attached to an aromatic ring is 1. The molecule has 2 aromatic carbocycles. The van der Waals surface area contributed by atoms with Crippen molar-refractivity contribution < 1.29 is 24.2 Å². The van der Waals surface area contributed by atoms with Crippen molar-refractivity contribution in [1.82, 2.24) is 0 Å². The molecule has 2 aromatic rings. The highest BCUT2D eigenvalue weighted by Crippen LogP contribution is 2.11. The molecule has 4 N–H and O–H groups in total. The fraction of sp³-hybridized carbons (Fsp3) is 0.289. The van der Waals surface area contributed by atoms with E-state index >= 15 is 0 Å². The van der Waals surface area contributed by atoms with Crippen molar-refractivity contribution >= 4 is 29.2 Å². The lowest BCUT2D eigenvalue weighted by Crippen LogP contribution is -2.11. The van der Waals surface area contributed by atoms with Crippen LogP contribution in [-0.4, -0.2) is 30.1 Å². The van der Waals surface area contributed by atoms with Crippen LogP contribution in [0, 0.1) is 0 Å². The number of anilines is 2. The molecule has 0 aromatic heterocycles. The highest BCUT2D eigenvalue weighted by molar-refractivity contribution is 5.94. The summed E-state index contributed by atoms with van der Waals surface area (Å²) < 4.78 is 4.50. The zero-order valence-corrected chi connectivity index (χ0v) is 25.9. The summed E-state index contributed by atoms with van der Waals surface area (Å²) in [6, 6.07) is 12.9. The number of methoxy groups -OCH3 is 1. The number of carboxylic acids is 1. The second-order valence-corrected chi connectivity index (χ2v) is 9.51. The SMILES string of the molecule is C.CC/C=C\C/C=C\C/C=C\C/C=C\C/C=C\C/C=C\CCC(=O)Nc1cccc(C(=O)O)c1.COC(=O)c1cccc(N)c1. The molecule has 0 bridgehead atoms. The van der Waals surface area contributed by atoms with Gasteiger partial charge in [-0.3, -0.25) is 4.79 Å². The molecule has 0 saturated carbocycles. The van der Waals surface area contributed by atoms with Crippen molar-refractivity contribution in [3.8, 4) is 0 Å². The van der Waals surface area contributed by atoms with Crippen LogP contribution in [0.3, 0.4) is 0 Å². The highest BCUT2D eigenvalue weighted by atomic mass is 16.5. The Kier molecular flexibility index (Phi) is 23.8. The Morgan fingerprint density at radius 3 is 1.71 bits per heavy atom. The van der Waals surface area contributed by atoms with Gasteiger partial charge in [0.15, 0.2) is 0 Å². The van der Waals surface area contributed by atoms with Gasteiger partial charge in [0.2, 0.25) is 5.91 Å². The first-order chi connectivity index (χ1) is 21.4. The monoisotopic (exact) mass is 614 g/mol. The van der Waals surface area contributed by atoms with Crippen LogP contribution in [0.25, 0.3) is 0 Å². The maximum Gasteiger partial charge on any atom is 0.337 e. The largest absolute Gasteiger partial charge is 0.478 e. The highest BCUT2D eigenvalue weighted by Gasteiger charge is 2.05. The van der Waals surface area contributed by atoms with Gasteiger partial charge >= 0.3 is 11.9 Å². The standard InChI is InChI=1S/C29H37NO3.C8H9NO2.CH4/c1-2-3-4-5-6-7-8-9-10-11-12-13-14-15-16-17-18-19-20-24-28(31)30-27-23-21-22-26(25-27)29(32)33;1-11-8(10)6-3-2-4-7(9)5-6;/h3-4,6-7,9-10,12-13,15-16,18-19,21-23,25H,2,5,8,11,14,17,20,24H2,1H3,(H,30,31)(H,32,33);2-5H,9H2,1H3;1H4/b4-3-,7-6-,10-9-,13-12-,16-15-,19-18-;;. The van der Waals surface area contributed by atoms with Crippen LogP contribution in [0.1, 0.15) is 86.4 Å². The van der Waals surface area contributed by atoms with Gasteiger partial charge in [0.05, 0.1) is 18.2 Å². The third kappa shape index (κ3) is 21.4. The Morgan fingerprint density at radius 1 is 0.733 bits per heavy atom. The molecule has 2 rings (SSSR count). The third-order valence-electron chi connectivity index (χ3n) is 5.84. The van der Waals surface area contributed by atoms with E-state index in [-0.39, 0.29) is 24.9 Å². The van der Waals surface area contributed by atoms with Crippen molar-refractivity contribution in [2.24, 2.45) is 0 Å². The van der Waals surface area contributed by atoms with E-state index in [1.165, 1.54) is 19.2 Å². The Hall–Kier alpha value is -4.91. The summed E-state index contributed by atoms with van der Waals surface area (Å²) in [7, 11) is 1.34. The number of nitrogens with one attached hydrogen (secondary N) is 1. The van der Waals surface area contributed by atoms with Crippen LogP contribution in [0.5, 0.6) is 0 Å². The van der Waals surface area contributed by atoms with E-state index in [0.717, 1.165) is 38.5 Å². The number of ether oxygens (including phenoxy) is 1. The Balaban J connectivity index is 0.00000135. The van der Waals surface area contributed by atoms with Gasteiger partial charge in [-0.1, -0.05) is 99.4 Å². The molecule has 7 heteroatoms. The van der Waals surface area contributed by atoms with E-state index in [0.29, 0.717) is 29.8 Å². The number of nitrogens with two attached hydrogens (primary N) is 1. The van der Waals surface area contributed by atoms with Crippen molar-refractivity contribution in [2.75, 3.05) is 18.2 Å². The van der Waals surface area contributed by atoms with E-state index in [2.05, 4.69) is 77.7 Å². The molecule has 0 unspecified atom stereocenters. The van der Waals surface area contributed by atoms with Crippen LogP contribution in [0.2, 0.25) is 0 Å². The van der Waals surface area contributed by atoms with Gasteiger partial charge in [-0.25, -0.2) is 9.59 Å². The van der Waals surface area contributed by atoms with E-state index in [1.807, 2.05) is 12.2 Å². The molecule has 1 amide bonds. The predicted molar refractivity (Wildman–Crippen MR) is 188 cm³/mol. The average molecular weight is 615 g/mol. The van der Waals surface area contributed by atoms with Crippen LogP contribution < -0.4 is 11.1 Å². The van der Waals surface area contributed by atoms with Gasteiger partial charge in [0.25, 0.3) is 0 Å². The summed E-state index contributed by atoms with van der Waals surface area (Å²) in [6.45, 7) is 2.14. The summed E-state index contributed by atoms with van der Waals surface area (Å²) in [4.78, 5) is 33.8. The summed E-state index contributed by atoms with van der Waals surface area (Å²) >= 11 is 0. The summed E-state index contributed by atoms with van der Waals surface area (Å²) in [5.74, 6) is -1.50. The van der Waals surface area contributed by atoms with Crippen LogP contribution in [0.4, 0.5) is 11.4 Å². The second-order valence-electron chi connectivity index (χ2n) is 9.51. The molecule has 0 spiro atoms. The molecule has 0 fully saturated rings. The quantitative estimate of drug-likeness (QED) is 0.0928. The predicted octanol–water partition coefficient (Wildman–Crippen LogP) is 9.49. The summed E-state index contributed by atoms with van der Waals surface area (Å²) in [5, 5.41) is 11.7. The number of carbonyl (C=O) groups is 3. The molecule has 0 atom stereocenters. The lowest BCUT2D eigenvalue weighted by Gasteiger charge is -2.04. The molecule has 0 aliphatic rings. The van der Waals surface area contributed by atoms with E-state index in [4.69, 9.17) is 10.8 Å². The Morgan fingerprint density at radius 2 is 1.22 bits per heavy atom. The molecule has 45 heavy (non-hydrogen) atoms. The molecule has 0 heterocycles. The smallest absolute Gasteiger partial charge is 0.337 e. The molecule has 0 aliphatic heterocycles. The Labute approximate surface area is 269 Å². The van der Waals surface area contributed by atoms with Gasteiger partial charge < -0.3 is 20.9 Å². The first kappa shape index (κ1) is 40.1. The topological polar surface area (TPSA) is 119 Å². The molecule has 0 saturated heterocycles. The number of rotatable bonds is 17. The molecular weight excluding hydrogens is 564 g/mol. The summed E-state index contributed by atoms with van der Waals surface area (Å²) in [5.41, 5.74) is 7.14. The molecule has 242 valence electrons. The van der Waals surface area contributed by atoms with Crippen molar-refractivity contribution in [1.29, 1.82) is 0 Å². The minimum absolute atomic E-state index is 0. The van der Waals surface area contributed by atoms with E-state index in [1.54, 1.807) is 36.4 Å². The van der Waals surface area contributed by atoms with Crippen molar-refractivity contribution in [2.45, 2.75) is 65.7 Å². The number of amides is 1. The number of hydrogen-bond donors (Lipinski definition) is 3. The van der Waals surface area contributed by atoms with Gasteiger partial charge in [0, 0.05) is 17.8 Å². The normalized spacial score (nSPS) is 11.3. The summed E-state index contributed by atoms with van der Waals surface area (Å²) in [6.07, 6.45) is 32.6. The van der Waals surface area contributed by atoms with Crippen LogP contribution in [0.15, 0.2) is 121 Å². The third-order valence-corrected chi connectivity index (χ3v) is 5.84. The fourth-order valence-corrected chi connectivity index (χ4v) is 3.59. The van der Waals surface area contributed by atoms with Gasteiger partial charge in [0.1, 0.15) is 0 Å². The zero-order valence-electron chi connectivity index (χ0n) is 25.9. The van der Waals surface area contributed by atoms with Crippen molar-refractivity contribution in [3.63, 3.8) is 0 Å². The van der Waals surface area contributed by atoms with Gasteiger partial charge in [-0.05, 0) is 81.3 Å². The van der Waals surface area contributed by atoms with Crippen LogP contribution >= 0.6 is 0 Å². The minimum atomic E-state index is -1.01. The number of benzene rings is 2.